The molecule has 5 heterocycles. The summed E-state index contributed by atoms with van der Waals surface area (Å²) in [7, 11) is 0. The molecular formula is C35H23N7. The van der Waals surface area contributed by atoms with Crippen molar-refractivity contribution in [2.24, 2.45) is 0 Å². The number of aromatic amines is 2. The molecule has 7 aromatic rings. The lowest BCUT2D eigenvalue weighted by atomic mass is 10.0. The van der Waals surface area contributed by atoms with Crippen molar-refractivity contribution >= 4 is 43.9 Å². The third-order valence-corrected chi connectivity index (χ3v) is 8.28. The van der Waals surface area contributed by atoms with Crippen molar-refractivity contribution in [3.8, 4) is 45.6 Å². The van der Waals surface area contributed by atoms with Crippen LogP contribution in [0.3, 0.4) is 0 Å². The minimum Gasteiger partial charge on any atom is -0.339 e. The molecule has 0 atom stereocenters. The molecule has 0 spiro atoms. The molecule has 0 fully saturated rings. The SMILES string of the molecule is Cc1cccc2c1-c1nc3nc(nc4[nH]c(cc5[nH]c(nc-2n1)c1ccccc51)c1cccc(C)c41)-c1ccccc1-3. The Kier molecular flexibility index (Phi) is 4.62. The summed E-state index contributed by atoms with van der Waals surface area (Å²) in [4.78, 5) is 32.5. The lowest BCUT2D eigenvalue weighted by Gasteiger charge is -2.02. The summed E-state index contributed by atoms with van der Waals surface area (Å²) in [6.45, 7) is 4.20. The summed E-state index contributed by atoms with van der Waals surface area (Å²) in [5.41, 5.74) is 9.49. The number of aromatic nitrogens is 7. The molecular weight excluding hydrogens is 518 g/mol. The third kappa shape index (κ3) is 3.25. The van der Waals surface area contributed by atoms with Crippen molar-refractivity contribution in [3.05, 3.63) is 102 Å². The van der Waals surface area contributed by atoms with Crippen LogP contribution in [0.5, 0.6) is 0 Å². The summed E-state index contributed by atoms with van der Waals surface area (Å²) < 4.78 is 0. The molecule has 8 bridgehead atoms. The van der Waals surface area contributed by atoms with Gasteiger partial charge in [-0.2, -0.15) is 0 Å². The fourth-order valence-electron chi connectivity index (χ4n) is 6.30. The van der Waals surface area contributed by atoms with Crippen molar-refractivity contribution in [2.45, 2.75) is 13.8 Å². The zero-order valence-electron chi connectivity index (χ0n) is 22.9. The molecule has 0 saturated heterocycles. The highest BCUT2D eigenvalue weighted by Crippen LogP contribution is 2.39. The Morgan fingerprint density at radius 2 is 1.00 bits per heavy atom. The van der Waals surface area contributed by atoms with Crippen LogP contribution in [0.4, 0.5) is 0 Å². The maximum Gasteiger partial charge on any atom is 0.165 e. The summed E-state index contributed by atoms with van der Waals surface area (Å²) in [5.74, 6) is 2.45. The van der Waals surface area contributed by atoms with E-state index >= 15 is 0 Å². The average molecular weight is 542 g/mol. The Labute approximate surface area is 240 Å². The number of H-pyrrole nitrogens is 2. The van der Waals surface area contributed by atoms with Gasteiger partial charge in [0.1, 0.15) is 11.3 Å². The van der Waals surface area contributed by atoms with Crippen LogP contribution < -0.4 is 0 Å². The first-order valence-corrected chi connectivity index (χ1v) is 14.0. The van der Waals surface area contributed by atoms with E-state index in [1.165, 1.54) is 0 Å². The molecule has 0 amide bonds. The van der Waals surface area contributed by atoms with Gasteiger partial charge in [-0.1, -0.05) is 84.9 Å². The normalized spacial score (nSPS) is 12.0. The Hall–Kier alpha value is -5.69. The molecule has 3 aromatic heterocycles. The third-order valence-electron chi connectivity index (χ3n) is 8.28. The van der Waals surface area contributed by atoms with Gasteiger partial charge in [-0.15, -0.1) is 0 Å². The first-order chi connectivity index (χ1) is 20.6. The smallest absolute Gasteiger partial charge is 0.165 e. The Bertz CT molecular complexity index is 2450. The molecule has 2 N–H and O–H groups in total. The Morgan fingerprint density at radius 1 is 0.452 bits per heavy atom. The molecule has 2 aliphatic heterocycles. The first kappa shape index (κ1) is 23.1. The van der Waals surface area contributed by atoms with Crippen molar-refractivity contribution in [1.29, 1.82) is 0 Å². The van der Waals surface area contributed by atoms with Crippen molar-refractivity contribution in [3.63, 3.8) is 0 Å². The number of hydrogen-bond acceptors (Lipinski definition) is 5. The van der Waals surface area contributed by atoms with Crippen LogP contribution in [0.2, 0.25) is 0 Å². The maximum absolute atomic E-state index is 5.13. The molecule has 4 aromatic carbocycles. The van der Waals surface area contributed by atoms with Gasteiger partial charge in [0.25, 0.3) is 0 Å². The van der Waals surface area contributed by atoms with Gasteiger partial charge in [0, 0.05) is 54.8 Å². The van der Waals surface area contributed by atoms with E-state index in [4.69, 9.17) is 24.9 Å². The Morgan fingerprint density at radius 3 is 1.83 bits per heavy atom. The highest BCUT2D eigenvalue weighted by Gasteiger charge is 2.24. The van der Waals surface area contributed by atoms with Crippen LogP contribution >= 0.6 is 0 Å². The molecule has 9 rings (SSSR count). The zero-order valence-corrected chi connectivity index (χ0v) is 22.9. The largest absolute Gasteiger partial charge is 0.339 e. The van der Waals surface area contributed by atoms with E-state index in [0.717, 1.165) is 77.3 Å². The molecule has 7 heteroatoms. The van der Waals surface area contributed by atoms with Gasteiger partial charge < -0.3 is 9.97 Å². The second-order valence-corrected chi connectivity index (χ2v) is 10.9. The van der Waals surface area contributed by atoms with Crippen LogP contribution in [-0.2, 0) is 0 Å². The number of benzene rings is 4. The molecule has 198 valence electrons. The van der Waals surface area contributed by atoms with E-state index < -0.39 is 0 Å². The van der Waals surface area contributed by atoms with E-state index in [1.54, 1.807) is 0 Å². The standard InChI is InChI=1S/C35H23N7/c1-18-9-7-15-24-27-17-26-20-11-3-4-12-21(20)30(36-26)38-33-25-16-8-10-19(2)29(25)35(42-33)41-32-23-14-6-5-13-22(23)31(39-32)40-34(37-27)28(18)24/h3-17H,1-2H3,(H2,36,37,38,39,40,41,42). The molecule has 2 aliphatic rings. The quantitative estimate of drug-likeness (QED) is 0.202. The van der Waals surface area contributed by atoms with E-state index in [-0.39, 0.29) is 0 Å². The van der Waals surface area contributed by atoms with Crippen LogP contribution in [0.15, 0.2) is 91.0 Å². The van der Waals surface area contributed by atoms with Gasteiger partial charge in [-0.05, 0) is 31.0 Å². The van der Waals surface area contributed by atoms with E-state index in [1.807, 2.05) is 36.4 Å². The molecule has 42 heavy (non-hydrogen) atoms. The molecule has 0 saturated carbocycles. The summed E-state index contributed by atoms with van der Waals surface area (Å²) >= 11 is 0. The minimum absolute atomic E-state index is 0.595. The molecule has 0 radical (unpaired) electrons. The topological polar surface area (TPSA) is 96.0 Å². The highest BCUT2D eigenvalue weighted by atomic mass is 15.0. The molecule has 0 unspecified atom stereocenters. The van der Waals surface area contributed by atoms with Crippen molar-refractivity contribution < 1.29 is 0 Å². The van der Waals surface area contributed by atoms with Crippen molar-refractivity contribution in [1.82, 2.24) is 34.9 Å². The van der Waals surface area contributed by atoms with Crippen molar-refractivity contribution in [2.75, 3.05) is 0 Å². The lowest BCUT2D eigenvalue weighted by Crippen LogP contribution is -1.87. The van der Waals surface area contributed by atoms with Gasteiger partial charge in [0.15, 0.2) is 23.3 Å². The van der Waals surface area contributed by atoms with Gasteiger partial charge in [-0.3, -0.25) is 0 Å². The van der Waals surface area contributed by atoms with Gasteiger partial charge >= 0.3 is 0 Å². The predicted octanol–water partition coefficient (Wildman–Crippen LogP) is 8.09. The fourth-order valence-corrected chi connectivity index (χ4v) is 6.30. The lowest BCUT2D eigenvalue weighted by molar-refractivity contribution is 1.17. The summed E-state index contributed by atoms with van der Waals surface area (Å²) in [6.07, 6.45) is 0. The number of hydrogen-bond donors (Lipinski definition) is 2. The second kappa shape index (κ2) is 8.41. The second-order valence-electron chi connectivity index (χ2n) is 10.9. The van der Waals surface area contributed by atoms with Crippen LogP contribution in [-0.4, -0.2) is 34.9 Å². The Balaban J connectivity index is 1.53. The predicted molar refractivity (Wildman–Crippen MR) is 168 cm³/mol. The van der Waals surface area contributed by atoms with Crippen LogP contribution in [0.25, 0.3) is 89.4 Å². The zero-order chi connectivity index (χ0) is 27.9. The number of fused-ring (bicyclic) bond motifs is 20. The van der Waals surface area contributed by atoms with E-state index in [0.29, 0.717) is 23.3 Å². The van der Waals surface area contributed by atoms with E-state index in [9.17, 15) is 0 Å². The first-order valence-electron chi connectivity index (χ1n) is 14.0. The molecule has 7 nitrogen and oxygen atoms in total. The monoisotopic (exact) mass is 541 g/mol. The summed E-state index contributed by atoms with van der Waals surface area (Å²) in [6, 6.07) is 31.1. The maximum atomic E-state index is 5.13. The van der Waals surface area contributed by atoms with Crippen LogP contribution in [0.1, 0.15) is 11.1 Å². The number of nitrogens with one attached hydrogen (secondary N) is 2. The van der Waals surface area contributed by atoms with E-state index in [2.05, 4.69) is 78.4 Å². The van der Waals surface area contributed by atoms with Gasteiger partial charge in [0.05, 0.1) is 0 Å². The molecule has 0 aliphatic carbocycles. The fraction of sp³-hybridized carbons (Fsp3) is 0.0571. The summed E-state index contributed by atoms with van der Waals surface area (Å²) in [5, 5.41) is 4.28. The van der Waals surface area contributed by atoms with Gasteiger partial charge in [-0.25, -0.2) is 24.9 Å². The average Bonchev–Trinajstić information content (AvgIpc) is 3.73. The highest BCUT2D eigenvalue weighted by molar-refractivity contribution is 6.11. The minimum atomic E-state index is 0.595. The number of nitrogens with zero attached hydrogens (tertiary/aromatic N) is 5. The number of rotatable bonds is 0. The van der Waals surface area contributed by atoms with Gasteiger partial charge in [0.2, 0.25) is 0 Å². The van der Waals surface area contributed by atoms with Crippen LogP contribution in [0, 0.1) is 13.8 Å². The number of aryl methyl sites for hydroxylation is 2.